The van der Waals surface area contributed by atoms with Crippen LogP contribution in [0.4, 0.5) is 0 Å². The quantitative estimate of drug-likeness (QED) is 0.711. The van der Waals surface area contributed by atoms with Gasteiger partial charge in [-0.2, -0.15) is 0 Å². The van der Waals surface area contributed by atoms with Crippen molar-refractivity contribution in [2.24, 2.45) is 0 Å². The summed E-state index contributed by atoms with van der Waals surface area (Å²) in [4.78, 5) is 7.27. The number of H-pyrrole nitrogens is 1. The van der Waals surface area contributed by atoms with Crippen LogP contribution in [0, 0.1) is 6.92 Å². The zero-order valence-corrected chi connectivity index (χ0v) is 8.42. The summed E-state index contributed by atoms with van der Waals surface area (Å²) in [7, 11) is 1.71. The van der Waals surface area contributed by atoms with Crippen LogP contribution < -0.4 is 5.32 Å². The SMILES string of the molecule is COCC(C)NCc1cnc(C)[nH]1. The fourth-order valence-corrected chi connectivity index (χ4v) is 1.15. The second-order valence-corrected chi connectivity index (χ2v) is 3.23. The van der Waals surface area contributed by atoms with Crippen molar-refractivity contribution in [1.82, 2.24) is 15.3 Å². The second-order valence-electron chi connectivity index (χ2n) is 3.23. The monoisotopic (exact) mass is 183 g/mol. The summed E-state index contributed by atoms with van der Waals surface area (Å²) in [6.07, 6.45) is 1.85. The number of hydrogen-bond acceptors (Lipinski definition) is 3. The van der Waals surface area contributed by atoms with Gasteiger partial charge in [-0.1, -0.05) is 0 Å². The minimum Gasteiger partial charge on any atom is -0.383 e. The summed E-state index contributed by atoms with van der Waals surface area (Å²) < 4.78 is 5.01. The van der Waals surface area contributed by atoms with E-state index in [9.17, 15) is 0 Å². The average Bonchev–Trinajstić information content (AvgIpc) is 2.49. The van der Waals surface area contributed by atoms with E-state index >= 15 is 0 Å². The van der Waals surface area contributed by atoms with Gasteiger partial charge in [0.25, 0.3) is 0 Å². The lowest BCUT2D eigenvalue weighted by atomic mass is 10.3. The Morgan fingerprint density at radius 1 is 1.69 bits per heavy atom. The maximum Gasteiger partial charge on any atom is 0.103 e. The van der Waals surface area contributed by atoms with Gasteiger partial charge in [-0.3, -0.25) is 0 Å². The molecule has 1 aromatic heterocycles. The third kappa shape index (κ3) is 3.57. The molecule has 0 aliphatic carbocycles. The van der Waals surface area contributed by atoms with E-state index in [1.807, 2.05) is 13.1 Å². The number of aromatic amines is 1. The molecule has 1 aromatic rings. The van der Waals surface area contributed by atoms with Gasteiger partial charge >= 0.3 is 0 Å². The summed E-state index contributed by atoms with van der Waals surface area (Å²) >= 11 is 0. The molecule has 0 amide bonds. The molecule has 0 spiro atoms. The number of aromatic nitrogens is 2. The molecule has 1 atom stereocenters. The van der Waals surface area contributed by atoms with E-state index in [0.29, 0.717) is 6.04 Å². The number of hydrogen-bond donors (Lipinski definition) is 2. The van der Waals surface area contributed by atoms with E-state index in [-0.39, 0.29) is 0 Å². The minimum atomic E-state index is 0.369. The van der Waals surface area contributed by atoms with E-state index in [0.717, 1.165) is 24.7 Å². The summed E-state index contributed by atoms with van der Waals surface area (Å²) in [5.74, 6) is 0.955. The predicted octanol–water partition coefficient (Wildman–Crippen LogP) is 0.843. The molecule has 0 fully saturated rings. The Bertz CT molecular complexity index is 247. The van der Waals surface area contributed by atoms with Crippen molar-refractivity contribution in [3.63, 3.8) is 0 Å². The van der Waals surface area contributed by atoms with E-state index in [1.54, 1.807) is 7.11 Å². The maximum absolute atomic E-state index is 5.01. The Morgan fingerprint density at radius 3 is 3.00 bits per heavy atom. The number of nitrogens with zero attached hydrogens (tertiary/aromatic N) is 1. The molecule has 0 bridgehead atoms. The lowest BCUT2D eigenvalue weighted by Crippen LogP contribution is -2.29. The Kier molecular flexibility index (Phi) is 3.92. The van der Waals surface area contributed by atoms with Gasteiger partial charge in [-0.05, 0) is 13.8 Å². The highest BCUT2D eigenvalue weighted by atomic mass is 16.5. The molecule has 74 valence electrons. The molecule has 4 heteroatoms. The summed E-state index contributed by atoms with van der Waals surface area (Å²) in [5.41, 5.74) is 1.11. The number of imidazole rings is 1. The number of methoxy groups -OCH3 is 1. The average molecular weight is 183 g/mol. The van der Waals surface area contributed by atoms with E-state index < -0.39 is 0 Å². The highest BCUT2D eigenvalue weighted by Crippen LogP contribution is 1.95. The van der Waals surface area contributed by atoms with Crippen LogP contribution in [-0.2, 0) is 11.3 Å². The van der Waals surface area contributed by atoms with Crippen molar-refractivity contribution in [3.8, 4) is 0 Å². The molecule has 0 saturated carbocycles. The molecule has 0 radical (unpaired) electrons. The van der Waals surface area contributed by atoms with E-state index in [1.165, 1.54) is 0 Å². The minimum absolute atomic E-state index is 0.369. The van der Waals surface area contributed by atoms with Crippen molar-refractivity contribution < 1.29 is 4.74 Å². The molecule has 1 unspecified atom stereocenters. The van der Waals surface area contributed by atoms with Crippen LogP contribution in [0.5, 0.6) is 0 Å². The van der Waals surface area contributed by atoms with Crippen molar-refractivity contribution in [3.05, 3.63) is 17.7 Å². The molecule has 0 aliphatic heterocycles. The topological polar surface area (TPSA) is 49.9 Å². The first kappa shape index (κ1) is 10.2. The first-order chi connectivity index (χ1) is 6.22. The van der Waals surface area contributed by atoms with Crippen molar-refractivity contribution in [2.45, 2.75) is 26.4 Å². The maximum atomic E-state index is 5.01. The lowest BCUT2D eigenvalue weighted by molar-refractivity contribution is 0.171. The number of nitrogens with one attached hydrogen (secondary N) is 2. The van der Waals surface area contributed by atoms with Gasteiger partial charge in [-0.15, -0.1) is 0 Å². The molecule has 1 heterocycles. The molecule has 2 N–H and O–H groups in total. The standard InChI is InChI=1S/C9H17N3O/c1-7(6-13-3)10-4-9-5-11-8(2)12-9/h5,7,10H,4,6H2,1-3H3,(H,11,12). The van der Waals surface area contributed by atoms with E-state index in [2.05, 4.69) is 22.2 Å². The van der Waals surface area contributed by atoms with Crippen LogP contribution in [0.1, 0.15) is 18.4 Å². The Labute approximate surface area is 78.7 Å². The van der Waals surface area contributed by atoms with Crippen LogP contribution in [0.2, 0.25) is 0 Å². The van der Waals surface area contributed by atoms with Crippen molar-refractivity contribution in [1.29, 1.82) is 0 Å². The summed E-state index contributed by atoms with van der Waals surface area (Å²) in [5, 5.41) is 3.32. The third-order valence-corrected chi connectivity index (χ3v) is 1.81. The third-order valence-electron chi connectivity index (χ3n) is 1.81. The van der Waals surface area contributed by atoms with Gasteiger partial charge in [0.1, 0.15) is 5.82 Å². The molecule has 13 heavy (non-hydrogen) atoms. The molecular weight excluding hydrogens is 166 g/mol. The van der Waals surface area contributed by atoms with Crippen LogP contribution in [0.15, 0.2) is 6.20 Å². The van der Waals surface area contributed by atoms with Crippen LogP contribution >= 0.6 is 0 Å². The lowest BCUT2D eigenvalue weighted by Gasteiger charge is -2.11. The van der Waals surface area contributed by atoms with Gasteiger partial charge in [-0.25, -0.2) is 4.98 Å². The Hall–Kier alpha value is -0.870. The van der Waals surface area contributed by atoms with Crippen molar-refractivity contribution >= 4 is 0 Å². The summed E-state index contributed by atoms with van der Waals surface area (Å²) in [6.45, 7) is 5.58. The zero-order chi connectivity index (χ0) is 9.68. The molecule has 1 rings (SSSR count). The fraction of sp³-hybridized carbons (Fsp3) is 0.667. The van der Waals surface area contributed by atoms with Crippen LogP contribution in [0.25, 0.3) is 0 Å². The van der Waals surface area contributed by atoms with Gasteiger partial charge in [0, 0.05) is 31.6 Å². The largest absolute Gasteiger partial charge is 0.383 e. The fourth-order valence-electron chi connectivity index (χ4n) is 1.15. The highest BCUT2D eigenvalue weighted by Gasteiger charge is 2.01. The Morgan fingerprint density at radius 2 is 2.46 bits per heavy atom. The molecule has 0 saturated heterocycles. The first-order valence-corrected chi connectivity index (χ1v) is 4.45. The van der Waals surface area contributed by atoms with Crippen molar-refractivity contribution in [2.75, 3.05) is 13.7 Å². The van der Waals surface area contributed by atoms with Crippen LogP contribution in [-0.4, -0.2) is 29.7 Å². The molecular formula is C9H17N3O. The smallest absolute Gasteiger partial charge is 0.103 e. The molecule has 0 aliphatic rings. The number of rotatable bonds is 5. The number of aryl methyl sites for hydroxylation is 1. The zero-order valence-electron chi connectivity index (χ0n) is 8.42. The molecule has 0 aromatic carbocycles. The van der Waals surface area contributed by atoms with E-state index in [4.69, 9.17) is 4.74 Å². The van der Waals surface area contributed by atoms with Crippen LogP contribution in [0.3, 0.4) is 0 Å². The molecule has 4 nitrogen and oxygen atoms in total. The normalized spacial score (nSPS) is 13.2. The van der Waals surface area contributed by atoms with Gasteiger partial charge < -0.3 is 15.0 Å². The second kappa shape index (κ2) is 4.99. The number of ether oxygens (including phenoxy) is 1. The Balaban J connectivity index is 2.26. The summed E-state index contributed by atoms with van der Waals surface area (Å²) in [6, 6.07) is 0.369. The van der Waals surface area contributed by atoms with Gasteiger partial charge in [0.15, 0.2) is 0 Å². The highest BCUT2D eigenvalue weighted by molar-refractivity contribution is 4.99. The van der Waals surface area contributed by atoms with Gasteiger partial charge in [0.05, 0.1) is 6.61 Å². The first-order valence-electron chi connectivity index (χ1n) is 4.45. The predicted molar refractivity (Wildman–Crippen MR) is 51.5 cm³/mol. The van der Waals surface area contributed by atoms with Gasteiger partial charge in [0.2, 0.25) is 0 Å².